The van der Waals surface area contributed by atoms with Crippen LogP contribution in [0.2, 0.25) is 0 Å². The summed E-state index contributed by atoms with van der Waals surface area (Å²) in [4.78, 5) is 45.1. The average molecular weight is 486 g/mol. The number of ether oxygens (including phenoxy) is 2. The van der Waals surface area contributed by atoms with Gasteiger partial charge in [-0.05, 0) is 43.4 Å². The maximum atomic E-state index is 13.2. The number of aromatic nitrogens is 1. The van der Waals surface area contributed by atoms with Crippen LogP contribution in [0.5, 0.6) is 0 Å². The minimum Gasteiger partial charge on any atom is -0.436 e. The summed E-state index contributed by atoms with van der Waals surface area (Å²) in [6.45, 7) is 5.64. The molecule has 2 aliphatic rings. The summed E-state index contributed by atoms with van der Waals surface area (Å²) < 4.78 is 16.7. The fourth-order valence-electron chi connectivity index (χ4n) is 4.86. The van der Waals surface area contributed by atoms with Gasteiger partial charge in [-0.15, -0.1) is 0 Å². The number of nitrogens with one attached hydrogen (secondary N) is 1. The quantitative estimate of drug-likeness (QED) is 0.562. The molecule has 1 N–H and O–H groups in total. The maximum Gasteiger partial charge on any atom is 0.408 e. The minimum absolute atomic E-state index is 0.0547. The van der Waals surface area contributed by atoms with E-state index < -0.39 is 24.0 Å². The van der Waals surface area contributed by atoms with E-state index in [2.05, 4.69) is 10.3 Å². The Morgan fingerprint density at radius 3 is 2.63 bits per heavy atom. The summed E-state index contributed by atoms with van der Waals surface area (Å²) in [7, 11) is 0. The molecule has 2 aromatic rings. The third-order valence-corrected chi connectivity index (χ3v) is 6.89. The van der Waals surface area contributed by atoms with Crippen LogP contribution in [-0.2, 0) is 14.3 Å². The predicted octanol–water partition coefficient (Wildman–Crippen LogP) is 4.02. The van der Waals surface area contributed by atoms with Gasteiger partial charge in [0.2, 0.25) is 5.78 Å². The lowest BCUT2D eigenvalue weighted by atomic mass is 9.85. The number of morpholine rings is 1. The van der Waals surface area contributed by atoms with Crippen molar-refractivity contribution in [3.63, 3.8) is 0 Å². The molecule has 35 heavy (non-hydrogen) atoms. The van der Waals surface area contributed by atoms with Crippen molar-refractivity contribution >= 4 is 28.9 Å². The van der Waals surface area contributed by atoms with E-state index >= 15 is 0 Å². The van der Waals surface area contributed by atoms with Crippen molar-refractivity contribution in [2.75, 3.05) is 26.3 Å². The molecule has 1 aromatic heterocycles. The first-order valence-corrected chi connectivity index (χ1v) is 12.7. The van der Waals surface area contributed by atoms with E-state index in [1.165, 1.54) is 6.42 Å². The number of fused-ring (bicyclic) bond motifs is 1. The zero-order valence-electron chi connectivity index (χ0n) is 20.6. The first-order valence-electron chi connectivity index (χ1n) is 12.7. The van der Waals surface area contributed by atoms with Gasteiger partial charge in [0.1, 0.15) is 11.6 Å². The van der Waals surface area contributed by atoms with Crippen LogP contribution < -0.4 is 5.32 Å². The molecule has 1 saturated carbocycles. The van der Waals surface area contributed by atoms with Gasteiger partial charge in [-0.2, -0.15) is 0 Å². The molecule has 2 fully saturated rings. The molecule has 2 atom stereocenters. The highest BCUT2D eigenvalue weighted by atomic mass is 16.6. The average Bonchev–Trinajstić information content (AvgIpc) is 3.30. The van der Waals surface area contributed by atoms with Crippen molar-refractivity contribution in [2.24, 2.45) is 5.92 Å². The Labute approximate surface area is 205 Å². The molecule has 1 saturated heterocycles. The molecule has 1 aliphatic carbocycles. The normalized spacial score (nSPS) is 18.7. The molecule has 2 heterocycles. The summed E-state index contributed by atoms with van der Waals surface area (Å²) in [6.07, 6.45) is 4.70. The van der Waals surface area contributed by atoms with Crippen LogP contribution in [0, 0.1) is 12.8 Å². The van der Waals surface area contributed by atoms with Crippen molar-refractivity contribution in [2.45, 2.75) is 70.9 Å². The van der Waals surface area contributed by atoms with Crippen LogP contribution in [0.1, 0.15) is 68.1 Å². The highest BCUT2D eigenvalue weighted by molar-refractivity contribution is 5.99. The Kier molecular flexibility index (Phi) is 8.38. The Bertz CT molecular complexity index is 1040. The van der Waals surface area contributed by atoms with E-state index in [0.29, 0.717) is 56.2 Å². The SMILES string of the molecule is CC[C@H](NC(=O)OC(CC1CCCCC1)C(=O)N1CCOCC1)C(=O)c1nc2ccc(C)cc2o1. The number of oxazole rings is 1. The second kappa shape index (κ2) is 11.7. The fraction of sp³-hybridized carbons (Fsp3) is 0.615. The third kappa shape index (κ3) is 6.39. The number of nitrogens with zero attached hydrogens (tertiary/aromatic N) is 2. The summed E-state index contributed by atoms with van der Waals surface area (Å²) in [5.41, 5.74) is 2.10. The number of rotatable bonds is 8. The number of carbonyl (C=O) groups is 3. The molecule has 9 heteroatoms. The Morgan fingerprint density at radius 2 is 1.91 bits per heavy atom. The van der Waals surface area contributed by atoms with Crippen molar-refractivity contribution in [3.8, 4) is 0 Å². The van der Waals surface area contributed by atoms with Crippen LogP contribution in [0.3, 0.4) is 0 Å². The molecule has 2 amide bonds. The maximum absolute atomic E-state index is 13.2. The molecule has 190 valence electrons. The van der Waals surface area contributed by atoms with Gasteiger partial charge >= 0.3 is 6.09 Å². The molecular weight excluding hydrogens is 450 g/mol. The van der Waals surface area contributed by atoms with Gasteiger partial charge < -0.3 is 24.1 Å². The zero-order valence-corrected chi connectivity index (χ0v) is 20.6. The van der Waals surface area contributed by atoms with Gasteiger partial charge in [0.05, 0.1) is 13.2 Å². The van der Waals surface area contributed by atoms with Crippen LogP contribution in [-0.4, -0.2) is 66.1 Å². The lowest BCUT2D eigenvalue weighted by Crippen LogP contribution is -2.49. The molecule has 1 aromatic carbocycles. The Hall–Kier alpha value is -2.94. The summed E-state index contributed by atoms with van der Waals surface area (Å²) in [5, 5.41) is 2.64. The van der Waals surface area contributed by atoms with E-state index in [9.17, 15) is 14.4 Å². The van der Waals surface area contributed by atoms with Crippen LogP contribution in [0.15, 0.2) is 22.6 Å². The highest BCUT2D eigenvalue weighted by Crippen LogP contribution is 2.29. The van der Waals surface area contributed by atoms with E-state index in [4.69, 9.17) is 13.9 Å². The molecule has 9 nitrogen and oxygen atoms in total. The van der Waals surface area contributed by atoms with Gasteiger partial charge in [0.25, 0.3) is 11.8 Å². The summed E-state index contributed by atoms with van der Waals surface area (Å²) in [6, 6.07) is 4.63. The fourth-order valence-corrected chi connectivity index (χ4v) is 4.86. The monoisotopic (exact) mass is 485 g/mol. The second-order valence-corrected chi connectivity index (χ2v) is 9.53. The van der Waals surface area contributed by atoms with Gasteiger partial charge in [-0.25, -0.2) is 9.78 Å². The molecular formula is C26H35N3O6. The first kappa shape index (κ1) is 25.2. The summed E-state index contributed by atoms with van der Waals surface area (Å²) in [5.74, 6) is -0.330. The van der Waals surface area contributed by atoms with E-state index in [1.807, 2.05) is 19.1 Å². The number of aryl methyl sites for hydroxylation is 1. The number of hydrogen-bond donors (Lipinski definition) is 1. The topological polar surface area (TPSA) is 111 Å². The predicted molar refractivity (Wildman–Crippen MR) is 129 cm³/mol. The first-order chi connectivity index (χ1) is 16.9. The summed E-state index contributed by atoms with van der Waals surface area (Å²) >= 11 is 0. The van der Waals surface area contributed by atoms with E-state index in [0.717, 1.165) is 31.2 Å². The molecule has 1 unspecified atom stereocenters. The van der Waals surface area contributed by atoms with Crippen molar-refractivity contribution in [1.82, 2.24) is 15.2 Å². The van der Waals surface area contributed by atoms with Crippen LogP contribution in [0.4, 0.5) is 4.79 Å². The molecule has 4 rings (SSSR count). The number of hydrogen-bond acceptors (Lipinski definition) is 7. The van der Waals surface area contributed by atoms with Gasteiger partial charge in [-0.1, -0.05) is 45.1 Å². The van der Waals surface area contributed by atoms with Gasteiger partial charge in [0, 0.05) is 13.1 Å². The number of carbonyl (C=O) groups excluding carboxylic acids is 3. The van der Waals surface area contributed by atoms with Gasteiger partial charge in [-0.3, -0.25) is 9.59 Å². The second-order valence-electron chi connectivity index (χ2n) is 9.53. The molecule has 0 radical (unpaired) electrons. The minimum atomic E-state index is -0.879. The van der Waals surface area contributed by atoms with Gasteiger partial charge in [0.15, 0.2) is 11.7 Å². The van der Waals surface area contributed by atoms with Crippen LogP contribution in [0.25, 0.3) is 11.1 Å². The van der Waals surface area contributed by atoms with Crippen molar-refractivity contribution in [1.29, 1.82) is 0 Å². The standard InChI is InChI=1S/C26H35N3O6/c1-3-19(23(30)24-27-20-10-9-17(2)15-21(20)34-24)28-26(32)35-22(16-18-7-5-4-6-8-18)25(31)29-11-13-33-14-12-29/h9-10,15,18-19,22H,3-8,11-14,16H2,1-2H3,(H,28,32)/t19-,22?/m0/s1. The zero-order chi connectivity index (χ0) is 24.8. The largest absolute Gasteiger partial charge is 0.436 e. The molecule has 0 bridgehead atoms. The number of amides is 2. The smallest absolute Gasteiger partial charge is 0.408 e. The van der Waals surface area contributed by atoms with Crippen LogP contribution >= 0.6 is 0 Å². The van der Waals surface area contributed by atoms with E-state index in [1.54, 1.807) is 17.9 Å². The lowest BCUT2D eigenvalue weighted by molar-refractivity contribution is -0.145. The van der Waals surface area contributed by atoms with E-state index in [-0.39, 0.29) is 11.8 Å². The van der Waals surface area contributed by atoms with Crippen molar-refractivity contribution in [3.05, 3.63) is 29.7 Å². The van der Waals surface area contributed by atoms with Crippen molar-refractivity contribution < 1.29 is 28.3 Å². The number of ketones is 1. The molecule has 0 spiro atoms. The highest BCUT2D eigenvalue weighted by Gasteiger charge is 2.33. The Balaban J connectivity index is 1.42. The number of alkyl carbamates (subject to hydrolysis) is 1. The Morgan fingerprint density at radius 1 is 1.17 bits per heavy atom. The third-order valence-electron chi connectivity index (χ3n) is 6.89. The number of benzene rings is 1. The lowest BCUT2D eigenvalue weighted by Gasteiger charge is -2.32. The number of Topliss-reactive ketones (excluding diaryl/α,β-unsaturated/α-hetero) is 1. The molecule has 1 aliphatic heterocycles.